The van der Waals surface area contributed by atoms with Gasteiger partial charge in [0.25, 0.3) is 0 Å². The molecule has 0 amide bonds. The molecule has 1 aliphatic rings. The molecule has 0 spiro atoms. The lowest BCUT2D eigenvalue weighted by Gasteiger charge is -2.21. The van der Waals surface area contributed by atoms with Crippen LogP contribution in [0.2, 0.25) is 0 Å². The van der Waals surface area contributed by atoms with Gasteiger partial charge in [0, 0.05) is 12.3 Å². The van der Waals surface area contributed by atoms with Gasteiger partial charge in [0.15, 0.2) is 0 Å². The van der Waals surface area contributed by atoms with Crippen LogP contribution in [0.4, 0.5) is 0 Å². The molecular formula is C8H16OS. The first-order chi connectivity index (χ1) is 4.20. The number of ketones is 1. The van der Waals surface area contributed by atoms with Crippen LogP contribution >= 0.6 is 13.5 Å². The topological polar surface area (TPSA) is 17.1 Å². The summed E-state index contributed by atoms with van der Waals surface area (Å²) in [6.07, 6.45) is 3.17. The standard InChI is InChI=1S/C8H14O.H2S/c1-6-3-4-7(2)8(9)5-6;/h6-7H,3-5H2,1-2H3;1H2/t6-,7?;/m0./s1. The number of carbonyl (C=O) groups is 1. The van der Waals surface area contributed by atoms with Crippen LogP contribution in [0, 0.1) is 11.8 Å². The minimum Gasteiger partial charge on any atom is -0.299 e. The lowest BCUT2D eigenvalue weighted by molar-refractivity contribution is -0.125. The van der Waals surface area contributed by atoms with E-state index < -0.39 is 0 Å². The molecule has 0 bridgehead atoms. The van der Waals surface area contributed by atoms with Gasteiger partial charge in [0.05, 0.1) is 0 Å². The molecule has 2 atom stereocenters. The number of carbonyl (C=O) groups excluding carboxylic acids is 1. The number of hydrogen-bond donors (Lipinski definition) is 0. The summed E-state index contributed by atoms with van der Waals surface area (Å²) in [5.41, 5.74) is 0. The Morgan fingerprint density at radius 3 is 2.30 bits per heavy atom. The third kappa shape index (κ3) is 2.33. The van der Waals surface area contributed by atoms with Gasteiger partial charge in [0.2, 0.25) is 0 Å². The Bertz CT molecular complexity index is 122. The largest absolute Gasteiger partial charge is 0.299 e. The molecule has 0 N–H and O–H groups in total. The zero-order valence-electron chi connectivity index (χ0n) is 6.68. The Balaban J connectivity index is 0.000000810. The highest BCUT2D eigenvalue weighted by molar-refractivity contribution is 7.59. The van der Waals surface area contributed by atoms with E-state index in [1.54, 1.807) is 0 Å². The highest BCUT2D eigenvalue weighted by Crippen LogP contribution is 2.24. The lowest BCUT2D eigenvalue weighted by atomic mass is 9.83. The molecule has 1 rings (SSSR count). The van der Waals surface area contributed by atoms with Crippen molar-refractivity contribution in [2.75, 3.05) is 0 Å². The van der Waals surface area contributed by atoms with Crippen LogP contribution in [0.15, 0.2) is 0 Å². The molecule has 0 aromatic heterocycles. The Labute approximate surface area is 69.6 Å². The smallest absolute Gasteiger partial charge is 0.135 e. The predicted octanol–water partition coefficient (Wildman–Crippen LogP) is 2.12. The van der Waals surface area contributed by atoms with Crippen molar-refractivity contribution in [3.63, 3.8) is 0 Å². The fraction of sp³-hybridized carbons (Fsp3) is 0.875. The van der Waals surface area contributed by atoms with E-state index in [0.717, 1.165) is 12.8 Å². The lowest BCUT2D eigenvalue weighted by Crippen LogP contribution is -2.20. The third-order valence-corrected chi connectivity index (χ3v) is 2.19. The number of rotatable bonds is 0. The van der Waals surface area contributed by atoms with Crippen LogP contribution in [0.25, 0.3) is 0 Å². The van der Waals surface area contributed by atoms with Gasteiger partial charge in [0.1, 0.15) is 5.78 Å². The molecule has 1 unspecified atom stereocenters. The molecule has 0 saturated heterocycles. The molecule has 0 aromatic carbocycles. The third-order valence-electron chi connectivity index (χ3n) is 2.19. The van der Waals surface area contributed by atoms with Gasteiger partial charge in [-0.15, -0.1) is 0 Å². The molecular weight excluding hydrogens is 144 g/mol. The van der Waals surface area contributed by atoms with E-state index in [4.69, 9.17) is 0 Å². The van der Waals surface area contributed by atoms with E-state index in [9.17, 15) is 4.79 Å². The van der Waals surface area contributed by atoms with Gasteiger partial charge in [-0.2, -0.15) is 13.5 Å². The fourth-order valence-corrected chi connectivity index (χ4v) is 1.34. The van der Waals surface area contributed by atoms with Crippen molar-refractivity contribution in [1.29, 1.82) is 0 Å². The second-order valence-corrected chi connectivity index (χ2v) is 3.25. The molecule has 0 radical (unpaired) electrons. The molecule has 10 heavy (non-hydrogen) atoms. The van der Waals surface area contributed by atoms with Gasteiger partial charge >= 0.3 is 0 Å². The number of Topliss-reactive ketones (excluding diaryl/α,β-unsaturated/α-hetero) is 1. The summed E-state index contributed by atoms with van der Waals surface area (Å²) in [6, 6.07) is 0. The van der Waals surface area contributed by atoms with Crippen molar-refractivity contribution in [3.05, 3.63) is 0 Å². The van der Waals surface area contributed by atoms with Crippen molar-refractivity contribution in [3.8, 4) is 0 Å². The summed E-state index contributed by atoms with van der Waals surface area (Å²) in [4.78, 5) is 11.0. The predicted molar refractivity (Wildman–Crippen MR) is 47.6 cm³/mol. The quantitative estimate of drug-likeness (QED) is 0.530. The van der Waals surface area contributed by atoms with Gasteiger partial charge in [-0.05, 0) is 18.8 Å². The summed E-state index contributed by atoms with van der Waals surface area (Å²) >= 11 is 0. The van der Waals surface area contributed by atoms with Gasteiger partial charge in [-0.3, -0.25) is 4.79 Å². The summed E-state index contributed by atoms with van der Waals surface area (Å²) in [7, 11) is 0. The summed E-state index contributed by atoms with van der Waals surface area (Å²) < 4.78 is 0. The molecule has 0 aromatic rings. The fourth-order valence-electron chi connectivity index (χ4n) is 1.34. The van der Waals surface area contributed by atoms with Gasteiger partial charge in [-0.1, -0.05) is 13.8 Å². The number of hydrogen-bond acceptors (Lipinski definition) is 1. The average molecular weight is 160 g/mol. The van der Waals surface area contributed by atoms with Crippen molar-refractivity contribution in [1.82, 2.24) is 0 Å². The van der Waals surface area contributed by atoms with Crippen LogP contribution in [-0.4, -0.2) is 5.78 Å². The van der Waals surface area contributed by atoms with Crippen LogP contribution in [0.3, 0.4) is 0 Å². The average Bonchev–Trinajstić information content (AvgIpc) is 1.80. The normalized spacial score (nSPS) is 33.2. The van der Waals surface area contributed by atoms with Crippen molar-refractivity contribution in [2.24, 2.45) is 11.8 Å². The highest BCUT2D eigenvalue weighted by Gasteiger charge is 2.21. The van der Waals surface area contributed by atoms with E-state index in [0.29, 0.717) is 17.6 Å². The summed E-state index contributed by atoms with van der Waals surface area (Å²) in [6.45, 7) is 4.19. The molecule has 2 heteroatoms. The van der Waals surface area contributed by atoms with Crippen molar-refractivity contribution < 1.29 is 4.79 Å². The Kier molecular flexibility index (Phi) is 4.02. The Hall–Kier alpha value is 0.0200. The first-order valence-corrected chi connectivity index (χ1v) is 3.73. The van der Waals surface area contributed by atoms with E-state index in [-0.39, 0.29) is 13.5 Å². The zero-order valence-corrected chi connectivity index (χ0v) is 7.68. The minimum atomic E-state index is 0. The SMILES string of the molecule is CC1CC[C@H](C)CC1=O.S. The van der Waals surface area contributed by atoms with Crippen LogP contribution in [0.5, 0.6) is 0 Å². The first kappa shape index (κ1) is 10.0. The molecule has 1 aliphatic carbocycles. The molecule has 0 aliphatic heterocycles. The minimum absolute atomic E-state index is 0. The maximum absolute atomic E-state index is 11.0. The maximum atomic E-state index is 11.0. The van der Waals surface area contributed by atoms with E-state index in [2.05, 4.69) is 6.92 Å². The second kappa shape index (κ2) is 4.02. The van der Waals surface area contributed by atoms with Crippen LogP contribution in [0.1, 0.15) is 33.1 Å². The molecule has 60 valence electrons. The van der Waals surface area contributed by atoms with E-state index >= 15 is 0 Å². The molecule has 0 heterocycles. The highest BCUT2D eigenvalue weighted by atomic mass is 32.1. The van der Waals surface area contributed by atoms with E-state index in [1.807, 2.05) is 6.92 Å². The van der Waals surface area contributed by atoms with Gasteiger partial charge in [-0.25, -0.2) is 0 Å². The molecule has 1 nitrogen and oxygen atoms in total. The maximum Gasteiger partial charge on any atom is 0.135 e. The summed E-state index contributed by atoms with van der Waals surface area (Å²) in [5.74, 6) is 1.46. The second-order valence-electron chi connectivity index (χ2n) is 3.25. The Morgan fingerprint density at radius 1 is 1.30 bits per heavy atom. The van der Waals surface area contributed by atoms with Crippen molar-refractivity contribution in [2.45, 2.75) is 33.1 Å². The van der Waals surface area contributed by atoms with Crippen LogP contribution in [-0.2, 0) is 4.79 Å². The zero-order chi connectivity index (χ0) is 6.85. The molecule has 1 saturated carbocycles. The Morgan fingerprint density at radius 2 is 1.90 bits per heavy atom. The monoisotopic (exact) mass is 160 g/mol. The van der Waals surface area contributed by atoms with Gasteiger partial charge < -0.3 is 0 Å². The van der Waals surface area contributed by atoms with Crippen molar-refractivity contribution >= 4 is 19.3 Å². The van der Waals surface area contributed by atoms with Crippen LogP contribution < -0.4 is 0 Å². The van der Waals surface area contributed by atoms with E-state index in [1.165, 1.54) is 6.42 Å². The first-order valence-electron chi connectivity index (χ1n) is 3.73. The summed E-state index contributed by atoms with van der Waals surface area (Å²) in [5, 5.41) is 0. The molecule has 1 fully saturated rings.